The predicted octanol–water partition coefficient (Wildman–Crippen LogP) is 1.52. The molecule has 0 spiro atoms. The minimum Gasteiger partial charge on any atom is -0.340 e. The number of hydrogen-bond donors (Lipinski definition) is 2. The van der Waals surface area contributed by atoms with E-state index in [1.807, 2.05) is 29.2 Å². The highest BCUT2D eigenvalue weighted by atomic mass is 35.5. The van der Waals surface area contributed by atoms with E-state index in [2.05, 4.69) is 17.3 Å². The summed E-state index contributed by atoms with van der Waals surface area (Å²) < 4.78 is 0. The molecule has 1 aliphatic rings. The molecule has 1 heterocycles. The molecule has 8 heteroatoms. The van der Waals surface area contributed by atoms with Crippen molar-refractivity contribution in [1.29, 1.82) is 0 Å². The van der Waals surface area contributed by atoms with Crippen LogP contribution in [0.3, 0.4) is 0 Å². The van der Waals surface area contributed by atoms with Crippen LogP contribution in [0.25, 0.3) is 0 Å². The molecule has 2 amide bonds. The number of piperazine rings is 1. The number of rotatable bonds is 6. The predicted molar refractivity (Wildman–Crippen MR) is 106 cm³/mol. The normalized spacial score (nSPS) is 14.2. The summed E-state index contributed by atoms with van der Waals surface area (Å²) >= 11 is 0. The van der Waals surface area contributed by atoms with Crippen LogP contribution >= 0.6 is 24.8 Å². The first-order chi connectivity index (χ1) is 11.1. The highest BCUT2D eigenvalue weighted by Crippen LogP contribution is 2.12. The van der Waals surface area contributed by atoms with Crippen LogP contribution in [0.15, 0.2) is 24.3 Å². The van der Waals surface area contributed by atoms with E-state index in [9.17, 15) is 9.59 Å². The van der Waals surface area contributed by atoms with Gasteiger partial charge in [0.25, 0.3) is 0 Å². The molecule has 1 saturated heterocycles. The fraction of sp³-hybridized carbons (Fsp3) is 0.529. The Bertz CT molecular complexity index is 532. The maximum absolute atomic E-state index is 12.3. The van der Waals surface area contributed by atoms with Crippen molar-refractivity contribution < 1.29 is 9.59 Å². The van der Waals surface area contributed by atoms with Gasteiger partial charge in [0.05, 0.1) is 6.42 Å². The minimum atomic E-state index is -0.0308. The first-order valence-corrected chi connectivity index (χ1v) is 8.13. The molecule has 0 aromatic heterocycles. The van der Waals surface area contributed by atoms with Gasteiger partial charge in [-0.15, -0.1) is 24.8 Å². The van der Waals surface area contributed by atoms with Crippen LogP contribution in [0.1, 0.15) is 18.4 Å². The maximum Gasteiger partial charge on any atom is 0.227 e. The summed E-state index contributed by atoms with van der Waals surface area (Å²) in [5, 5.41) is 2.83. The molecule has 0 atom stereocenters. The smallest absolute Gasteiger partial charge is 0.227 e. The number of anilines is 1. The van der Waals surface area contributed by atoms with Gasteiger partial charge < -0.3 is 20.9 Å². The summed E-state index contributed by atoms with van der Waals surface area (Å²) in [6, 6.07) is 7.47. The van der Waals surface area contributed by atoms with Crippen molar-refractivity contribution in [3.05, 3.63) is 29.8 Å². The number of benzene rings is 1. The van der Waals surface area contributed by atoms with Crippen molar-refractivity contribution in [1.82, 2.24) is 9.80 Å². The van der Waals surface area contributed by atoms with Crippen LogP contribution in [0, 0.1) is 0 Å². The second-order valence-corrected chi connectivity index (χ2v) is 6.00. The lowest BCUT2D eigenvalue weighted by atomic mass is 10.1. The Morgan fingerprint density at radius 2 is 1.68 bits per heavy atom. The average molecular weight is 391 g/mol. The van der Waals surface area contributed by atoms with Gasteiger partial charge in [-0.3, -0.25) is 9.59 Å². The van der Waals surface area contributed by atoms with Crippen molar-refractivity contribution in [2.24, 2.45) is 5.73 Å². The number of carbonyl (C=O) groups is 2. The third-order valence-corrected chi connectivity index (χ3v) is 4.06. The number of amides is 2. The van der Waals surface area contributed by atoms with Gasteiger partial charge in [-0.05, 0) is 37.7 Å². The van der Waals surface area contributed by atoms with Gasteiger partial charge in [-0.1, -0.05) is 12.1 Å². The van der Waals surface area contributed by atoms with Gasteiger partial charge in [0.2, 0.25) is 11.8 Å². The fourth-order valence-corrected chi connectivity index (χ4v) is 2.53. The molecule has 2 rings (SSSR count). The van der Waals surface area contributed by atoms with Crippen molar-refractivity contribution in [3.8, 4) is 0 Å². The van der Waals surface area contributed by atoms with Gasteiger partial charge in [0.15, 0.2) is 0 Å². The number of halogens is 2. The number of nitrogens with two attached hydrogens (primary N) is 1. The van der Waals surface area contributed by atoms with E-state index < -0.39 is 0 Å². The Morgan fingerprint density at radius 1 is 1.08 bits per heavy atom. The monoisotopic (exact) mass is 390 g/mol. The second-order valence-electron chi connectivity index (χ2n) is 6.00. The van der Waals surface area contributed by atoms with Gasteiger partial charge in [-0.25, -0.2) is 0 Å². The Labute approximate surface area is 161 Å². The zero-order valence-corrected chi connectivity index (χ0v) is 16.2. The van der Waals surface area contributed by atoms with Crippen LogP contribution in [-0.4, -0.2) is 61.4 Å². The minimum absolute atomic E-state index is 0. The molecule has 1 aliphatic heterocycles. The number of hydrogen-bond acceptors (Lipinski definition) is 4. The molecule has 0 radical (unpaired) electrons. The molecule has 6 nitrogen and oxygen atoms in total. The summed E-state index contributed by atoms with van der Waals surface area (Å²) in [5.74, 6) is 0.134. The third kappa shape index (κ3) is 8.05. The maximum atomic E-state index is 12.3. The SMILES string of the molecule is CN1CCN(C(=O)Cc2ccc(NC(=O)CCCN)cc2)CC1.Cl.Cl. The summed E-state index contributed by atoms with van der Waals surface area (Å²) in [6.07, 6.45) is 1.52. The lowest BCUT2D eigenvalue weighted by Gasteiger charge is -2.32. The molecular weight excluding hydrogens is 363 g/mol. The topological polar surface area (TPSA) is 78.7 Å². The van der Waals surface area contributed by atoms with Gasteiger partial charge in [-0.2, -0.15) is 0 Å². The van der Waals surface area contributed by atoms with E-state index in [0.29, 0.717) is 25.8 Å². The summed E-state index contributed by atoms with van der Waals surface area (Å²) in [6.45, 7) is 3.97. The van der Waals surface area contributed by atoms with Crippen LogP contribution < -0.4 is 11.1 Å². The molecule has 0 aliphatic carbocycles. The average Bonchev–Trinajstić information content (AvgIpc) is 2.55. The van der Waals surface area contributed by atoms with Gasteiger partial charge >= 0.3 is 0 Å². The lowest BCUT2D eigenvalue weighted by molar-refractivity contribution is -0.132. The molecule has 0 saturated carbocycles. The van der Waals surface area contributed by atoms with E-state index in [1.54, 1.807) is 0 Å². The largest absolute Gasteiger partial charge is 0.340 e. The van der Waals surface area contributed by atoms with E-state index >= 15 is 0 Å². The number of carbonyl (C=O) groups excluding carboxylic acids is 2. The fourth-order valence-electron chi connectivity index (χ4n) is 2.53. The molecule has 25 heavy (non-hydrogen) atoms. The summed E-state index contributed by atoms with van der Waals surface area (Å²) in [4.78, 5) is 28.1. The van der Waals surface area contributed by atoms with Gasteiger partial charge in [0, 0.05) is 38.3 Å². The third-order valence-electron chi connectivity index (χ3n) is 4.06. The lowest BCUT2D eigenvalue weighted by Crippen LogP contribution is -2.47. The van der Waals surface area contributed by atoms with Crippen LogP contribution in [0.2, 0.25) is 0 Å². The van der Waals surface area contributed by atoms with Crippen LogP contribution in [0.5, 0.6) is 0 Å². The quantitative estimate of drug-likeness (QED) is 0.771. The first-order valence-electron chi connectivity index (χ1n) is 8.13. The van der Waals surface area contributed by atoms with E-state index in [4.69, 9.17) is 5.73 Å². The van der Waals surface area contributed by atoms with E-state index in [1.165, 1.54) is 0 Å². The molecule has 142 valence electrons. The van der Waals surface area contributed by atoms with Crippen LogP contribution in [0.4, 0.5) is 5.69 Å². The first kappa shape index (κ1) is 23.7. The zero-order chi connectivity index (χ0) is 16.7. The molecule has 1 aromatic rings. The Balaban J connectivity index is 0.00000288. The van der Waals surface area contributed by atoms with E-state index in [0.717, 1.165) is 37.4 Å². The molecule has 0 bridgehead atoms. The molecule has 1 fully saturated rings. The highest BCUT2D eigenvalue weighted by molar-refractivity contribution is 5.90. The number of nitrogens with one attached hydrogen (secondary N) is 1. The van der Waals surface area contributed by atoms with Gasteiger partial charge in [0.1, 0.15) is 0 Å². The standard InChI is InChI=1S/C17H26N4O2.2ClH/c1-20-9-11-21(12-10-20)17(23)13-14-4-6-15(7-5-14)19-16(22)3-2-8-18;;/h4-7H,2-3,8-13,18H2,1H3,(H,19,22);2*1H. The second kappa shape index (κ2) is 12.1. The molecular formula is C17H28Cl2N4O2. The Hall–Kier alpha value is -1.34. The van der Waals surface area contributed by atoms with E-state index in [-0.39, 0.29) is 36.6 Å². The molecule has 0 unspecified atom stereocenters. The molecule has 3 N–H and O–H groups in total. The highest BCUT2D eigenvalue weighted by Gasteiger charge is 2.18. The van der Waals surface area contributed by atoms with Crippen molar-refractivity contribution in [3.63, 3.8) is 0 Å². The number of likely N-dealkylation sites (N-methyl/N-ethyl adjacent to an activating group) is 1. The van der Waals surface area contributed by atoms with Crippen molar-refractivity contribution in [2.75, 3.05) is 45.1 Å². The molecule has 1 aromatic carbocycles. The summed E-state index contributed by atoms with van der Waals surface area (Å²) in [5.41, 5.74) is 7.11. The van der Waals surface area contributed by atoms with Crippen molar-refractivity contribution >= 4 is 42.3 Å². The zero-order valence-electron chi connectivity index (χ0n) is 14.6. The number of nitrogens with zero attached hydrogens (tertiary/aromatic N) is 2. The summed E-state index contributed by atoms with van der Waals surface area (Å²) in [7, 11) is 2.07. The van der Waals surface area contributed by atoms with Crippen molar-refractivity contribution in [2.45, 2.75) is 19.3 Å². The van der Waals surface area contributed by atoms with Crippen LogP contribution in [-0.2, 0) is 16.0 Å². The Morgan fingerprint density at radius 3 is 2.24 bits per heavy atom. The Kier molecular flexibility index (Phi) is 11.4.